The fourth-order valence-corrected chi connectivity index (χ4v) is 1.32. The van der Waals surface area contributed by atoms with Crippen LogP contribution in [0.3, 0.4) is 0 Å². The van der Waals surface area contributed by atoms with Gasteiger partial charge in [-0.3, -0.25) is 0 Å². The van der Waals surface area contributed by atoms with Crippen molar-refractivity contribution in [1.82, 2.24) is 5.32 Å². The summed E-state index contributed by atoms with van der Waals surface area (Å²) in [4.78, 5) is 0. The van der Waals surface area contributed by atoms with Crippen molar-refractivity contribution in [3.63, 3.8) is 0 Å². The molecule has 0 spiro atoms. The highest BCUT2D eigenvalue weighted by atomic mass is 16.5. The smallest absolute Gasteiger partial charge is 0.133 e. The third kappa shape index (κ3) is 3.35. The molecule has 1 rings (SSSR count). The molecule has 0 unspecified atom stereocenters. The number of piperidine rings is 1. The second-order valence-corrected chi connectivity index (χ2v) is 2.87. The number of nitriles is 1. The van der Waals surface area contributed by atoms with Gasteiger partial charge in [-0.15, -0.1) is 0 Å². The summed E-state index contributed by atoms with van der Waals surface area (Å²) < 4.78 is 5.13. The largest absolute Gasteiger partial charge is 0.366 e. The normalized spacial score (nSPS) is 19.5. The van der Waals surface area contributed by atoms with Crippen LogP contribution in [0, 0.1) is 17.2 Å². The zero-order chi connectivity index (χ0) is 7.94. The Morgan fingerprint density at radius 1 is 1.45 bits per heavy atom. The van der Waals surface area contributed by atoms with E-state index in [1.165, 1.54) is 12.8 Å². The van der Waals surface area contributed by atoms with Gasteiger partial charge in [-0.25, -0.2) is 0 Å². The molecule has 1 heterocycles. The Labute approximate surface area is 67.3 Å². The highest BCUT2D eigenvalue weighted by molar-refractivity contribution is 4.70. The van der Waals surface area contributed by atoms with E-state index < -0.39 is 0 Å². The predicted octanol–water partition coefficient (Wildman–Crippen LogP) is 0.526. The molecule has 0 bridgehead atoms. The number of nitrogens with zero attached hydrogens (tertiary/aromatic N) is 1. The molecule has 1 aliphatic rings. The Morgan fingerprint density at radius 2 is 2.18 bits per heavy atom. The van der Waals surface area contributed by atoms with E-state index in [2.05, 4.69) is 5.32 Å². The van der Waals surface area contributed by atoms with Gasteiger partial charge < -0.3 is 10.1 Å². The van der Waals surface area contributed by atoms with Gasteiger partial charge in [0.1, 0.15) is 6.61 Å². The minimum absolute atomic E-state index is 0.240. The van der Waals surface area contributed by atoms with E-state index in [0.717, 1.165) is 19.7 Å². The van der Waals surface area contributed by atoms with Crippen molar-refractivity contribution in [3.05, 3.63) is 0 Å². The van der Waals surface area contributed by atoms with Crippen molar-refractivity contribution < 1.29 is 4.74 Å². The fraction of sp³-hybridized carbons (Fsp3) is 0.875. The molecule has 1 aliphatic heterocycles. The lowest BCUT2D eigenvalue weighted by molar-refractivity contribution is 0.111. The average Bonchev–Trinajstić information content (AvgIpc) is 2.07. The molecule has 1 saturated heterocycles. The first kappa shape index (κ1) is 8.51. The number of hydrogen-bond donors (Lipinski definition) is 1. The molecule has 1 fully saturated rings. The van der Waals surface area contributed by atoms with Crippen molar-refractivity contribution in [2.75, 3.05) is 26.3 Å². The average molecular weight is 154 g/mol. The Kier molecular flexibility index (Phi) is 3.95. The molecule has 0 saturated carbocycles. The Bertz CT molecular complexity index is 136. The van der Waals surface area contributed by atoms with Gasteiger partial charge >= 0.3 is 0 Å². The Balaban J connectivity index is 2.01. The predicted molar refractivity (Wildman–Crippen MR) is 42.0 cm³/mol. The maximum Gasteiger partial charge on any atom is 0.133 e. The van der Waals surface area contributed by atoms with Gasteiger partial charge in [-0.2, -0.15) is 5.26 Å². The molecule has 1 N–H and O–H groups in total. The molecule has 11 heavy (non-hydrogen) atoms. The standard InChI is InChI=1S/C8H14N2O/c9-3-6-11-7-8-1-4-10-5-2-8/h8,10H,1-2,4-7H2. The molecule has 0 amide bonds. The summed E-state index contributed by atoms with van der Waals surface area (Å²) in [5, 5.41) is 11.5. The quantitative estimate of drug-likeness (QED) is 0.603. The van der Waals surface area contributed by atoms with E-state index >= 15 is 0 Å². The van der Waals surface area contributed by atoms with E-state index in [4.69, 9.17) is 10.00 Å². The molecule has 0 aliphatic carbocycles. The Hall–Kier alpha value is -0.590. The topological polar surface area (TPSA) is 45.0 Å². The summed E-state index contributed by atoms with van der Waals surface area (Å²) in [6, 6.07) is 1.97. The van der Waals surface area contributed by atoms with Crippen LogP contribution in [0.25, 0.3) is 0 Å². The second-order valence-electron chi connectivity index (χ2n) is 2.87. The number of rotatable bonds is 3. The third-order valence-electron chi connectivity index (χ3n) is 1.98. The molecular formula is C8H14N2O. The van der Waals surface area contributed by atoms with Crippen LogP contribution in [0.15, 0.2) is 0 Å². The van der Waals surface area contributed by atoms with Gasteiger partial charge in [0.2, 0.25) is 0 Å². The SMILES string of the molecule is N#CCOCC1CCNCC1. The maximum atomic E-state index is 8.21. The number of ether oxygens (including phenoxy) is 1. The van der Waals surface area contributed by atoms with E-state index in [1.807, 2.05) is 6.07 Å². The molecule has 0 atom stereocenters. The van der Waals surface area contributed by atoms with E-state index in [1.54, 1.807) is 0 Å². The van der Waals surface area contributed by atoms with Crippen molar-refractivity contribution in [2.45, 2.75) is 12.8 Å². The van der Waals surface area contributed by atoms with E-state index in [9.17, 15) is 0 Å². The van der Waals surface area contributed by atoms with Crippen molar-refractivity contribution in [2.24, 2.45) is 5.92 Å². The molecule has 0 radical (unpaired) electrons. The Morgan fingerprint density at radius 3 is 2.82 bits per heavy atom. The number of hydrogen-bond acceptors (Lipinski definition) is 3. The van der Waals surface area contributed by atoms with Crippen LogP contribution in [0.2, 0.25) is 0 Å². The van der Waals surface area contributed by atoms with E-state index in [-0.39, 0.29) is 6.61 Å². The van der Waals surface area contributed by atoms with Gasteiger partial charge in [0.25, 0.3) is 0 Å². The van der Waals surface area contributed by atoms with Crippen LogP contribution in [-0.4, -0.2) is 26.3 Å². The summed E-state index contributed by atoms with van der Waals surface area (Å²) >= 11 is 0. The summed E-state index contributed by atoms with van der Waals surface area (Å²) in [6.45, 7) is 3.19. The van der Waals surface area contributed by atoms with Crippen molar-refractivity contribution >= 4 is 0 Å². The zero-order valence-electron chi connectivity index (χ0n) is 6.68. The lowest BCUT2D eigenvalue weighted by atomic mass is 9.99. The molecule has 3 nitrogen and oxygen atoms in total. The van der Waals surface area contributed by atoms with Crippen LogP contribution in [0.5, 0.6) is 0 Å². The van der Waals surface area contributed by atoms with Gasteiger partial charge in [0, 0.05) is 0 Å². The molecule has 0 aromatic rings. The highest BCUT2D eigenvalue weighted by Crippen LogP contribution is 2.11. The molecular weight excluding hydrogens is 140 g/mol. The molecule has 0 aromatic heterocycles. The minimum atomic E-state index is 0.240. The van der Waals surface area contributed by atoms with Crippen LogP contribution in [-0.2, 0) is 4.74 Å². The van der Waals surface area contributed by atoms with Crippen LogP contribution >= 0.6 is 0 Å². The number of nitrogens with one attached hydrogen (secondary N) is 1. The van der Waals surface area contributed by atoms with Crippen LogP contribution in [0.4, 0.5) is 0 Å². The first-order valence-corrected chi connectivity index (χ1v) is 4.09. The molecule has 3 heteroatoms. The summed E-state index contributed by atoms with van der Waals surface area (Å²) in [5.74, 6) is 0.671. The molecule has 0 aromatic carbocycles. The molecule has 62 valence electrons. The third-order valence-corrected chi connectivity index (χ3v) is 1.98. The summed E-state index contributed by atoms with van der Waals surface area (Å²) in [5.41, 5.74) is 0. The van der Waals surface area contributed by atoms with Crippen molar-refractivity contribution in [1.29, 1.82) is 5.26 Å². The first-order valence-electron chi connectivity index (χ1n) is 4.09. The van der Waals surface area contributed by atoms with Gasteiger partial charge in [-0.05, 0) is 31.8 Å². The fourth-order valence-electron chi connectivity index (χ4n) is 1.32. The maximum absolute atomic E-state index is 8.21. The summed E-state index contributed by atoms with van der Waals surface area (Å²) in [6.07, 6.45) is 2.37. The lowest BCUT2D eigenvalue weighted by Crippen LogP contribution is -2.29. The minimum Gasteiger partial charge on any atom is -0.366 e. The van der Waals surface area contributed by atoms with Gasteiger partial charge in [-0.1, -0.05) is 0 Å². The monoisotopic (exact) mass is 154 g/mol. The van der Waals surface area contributed by atoms with E-state index in [0.29, 0.717) is 5.92 Å². The lowest BCUT2D eigenvalue weighted by Gasteiger charge is -2.21. The van der Waals surface area contributed by atoms with Gasteiger partial charge in [0.15, 0.2) is 0 Å². The highest BCUT2D eigenvalue weighted by Gasteiger charge is 2.12. The van der Waals surface area contributed by atoms with Crippen LogP contribution in [0.1, 0.15) is 12.8 Å². The first-order chi connectivity index (χ1) is 5.43. The van der Waals surface area contributed by atoms with Gasteiger partial charge in [0.05, 0.1) is 12.7 Å². The summed E-state index contributed by atoms with van der Waals surface area (Å²) in [7, 11) is 0. The second kappa shape index (κ2) is 5.11. The zero-order valence-corrected chi connectivity index (χ0v) is 6.68. The van der Waals surface area contributed by atoms with Crippen molar-refractivity contribution in [3.8, 4) is 6.07 Å². The van der Waals surface area contributed by atoms with Crippen LogP contribution < -0.4 is 5.32 Å².